The van der Waals surface area contributed by atoms with Crippen molar-refractivity contribution in [3.63, 3.8) is 0 Å². The van der Waals surface area contributed by atoms with Crippen LogP contribution >= 0.6 is 0 Å². The molecule has 18 heavy (non-hydrogen) atoms. The Morgan fingerprint density at radius 1 is 1.50 bits per heavy atom. The van der Waals surface area contributed by atoms with Gasteiger partial charge < -0.3 is 15.1 Å². The maximum absolute atomic E-state index is 12.5. The van der Waals surface area contributed by atoms with Crippen molar-refractivity contribution in [3.8, 4) is 0 Å². The van der Waals surface area contributed by atoms with Gasteiger partial charge in [-0.25, -0.2) is 4.98 Å². The standard InChI is InChI=1S/C13H20N4O/c1-10-9-16(3)7-8-17(10)13(18)11-5-4-6-15-12(11)14-2/h4-6,10H,7-9H2,1-3H3,(H,14,15). The zero-order valence-corrected chi connectivity index (χ0v) is 11.2. The summed E-state index contributed by atoms with van der Waals surface area (Å²) in [5, 5.41) is 2.97. The van der Waals surface area contributed by atoms with Gasteiger partial charge in [-0.2, -0.15) is 0 Å². The molecule has 0 aromatic carbocycles. The normalized spacial score (nSPS) is 20.8. The molecular weight excluding hydrogens is 228 g/mol. The molecule has 1 aromatic heterocycles. The predicted octanol–water partition coefficient (Wildman–Crippen LogP) is 0.899. The number of amides is 1. The highest BCUT2D eigenvalue weighted by Crippen LogP contribution is 2.17. The Labute approximate surface area is 108 Å². The van der Waals surface area contributed by atoms with E-state index in [1.165, 1.54) is 0 Å². The summed E-state index contributed by atoms with van der Waals surface area (Å²) in [6.07, 6.45) is 1.69. The van der Waals surface area contributed by atoms with Crippen LogP contribution in [0.15, 0.2) is 18.3 Å². The zero-order valence-electron chi connectivity index (χ0n) is 11.2. The Morgan fingerprint density at radius 3 is 2.94 bits per heavy atom. The number of nitrogens with zero attached hydrogens (tertiary/aromatic N) is 3. The molecule has 1 saturated heterocycles. The molecule has 2 rings (SSSR count). The zero-order chi connectivity index (χ0) is 13.1. The van der Waals surface area contributed by atoms with Crippen molar-refractivity contribution < 1.29 is 4.79 Å². The van der Waals surface area contributed by atoms with Crippen LogP contribution in [0.4, 0.5) is 5.82 Å². The van der Waals surface area contributed by atoms with Crippen molar-refractivity contribution >= 4 is 11.7 Å². The van der Waals surface area contributed by atoms with Crippen LogP contribution < -0.4 is 5.32 Å². The monoisotopic (exact) mass is 248 g/mol. The second-order valence-corrected chi connectivity index (χ2v) is 4.76. The SMILES string of the molecule is CNc1ncccc1C(=O)N1CCN(C)CC1C. The number of nitrogens with one attached hydrogen (secondary N) is 1. The lowest BCUT2D eigenvalue weighted by Gasteiger charge is -2.38. The maximum atomic E-state index is 12.5. The molecule has 1 aliphatic rings. The average molecular weight is 248 g/mol. The molecule has 1 fully saturated rings. The van der Waals surface area contributed by atoms with Crippen LogP contribution in [-0.2, 0) is 0 Å². The summed E-state index contributed by atoms with van der Waals surface area (Å²) >= 11 is 0. The minimum Gasteiger partial charge on any atom is -0.372 e. The van der Waals surface area contributed by atoms with Crippen molar-refractivity contribution in [1.82, 2.24) is 14.8 Å². The number of piperazine rings is 1. The molecule has 98 valence electrons. The van der Waals surface area contributed by atoms with Gasteiger partial charge in [0.2, 0.25) is 0 Å². The van der Waals surface area contributed by atoms with E-state index < -0.39 is 0 Å². The first-order valence-corrected chi connectivity index (χ1v) is 6.25. The molecule has 0 radical (unpaired) electrons. The quantitative estimate of drug-likeness (QED) is 0.845. The van der Waals surface area contributed by atoms with Gasteiger partial charge in [0.25, 0.3) is 5.91 Å². The van der Waals surface area contributed by atoms with E-state index in [0.29, 0.717) is 11.4 Å². The van der Waals surface area contributed by atoms with E-state index in [1.807, 2.05) is 11.0 Å². The Kier molecular flexibility index (Phi) is 3.81. The van der Waals surface area contributed by atoms with Crippen LogP contribution in [0, 0.1) is 0 Å². The number of likely N-dealkylation sites (N-methyl/N-ethyl adjacent to an activating group) is 1. The summed E-state index contributed by atoms with van der Waals surface area (Å²) in [6, 6.07) is 3.86. The number of rotatable bonds is 2. The molecule has 5 nitrogen and oxygen atoms in total. The predicted molar refractivity (Wildman–Crippen MR) is 71.8 cm³/mol. The average Bonchev–Trinajstić information content (AvgIpc) is 2.38. The lowest BCUT2D eigenvalue weighted by molar-refractivity contribution is 0.0534. The fraction of sp³-hybridized carbons (Fsp3) is 0.538. The largest absolute Gasteiger partial charge is 0.372 e. The molecule has 1 amide bonds. The molecule has 0 aliphatic carbocycles. The van der Waals surface area contributed by atoms with Gasteiger partial charge >= 0.3 is 0 Å². The van der Waals surface area contributed by atoms with Crippen LogP contribution in [-0.4, -0.2) is 60.5 Å². The first-order valence-electron chi connectivity index (χ1n) is 6.25. The van der Waals surface area contributed by atoms with Crippen molar-refractivity contribution in [2.24, 2.45) is 0 Å². The van der Waals surface area contributed by atoms with Gasteiger partial charge in [0, 0.05) is 38.9 Å². The first kappa shape index (κ1) is 12.8. The Hall–Kier alpha value is -1.62. The second kappa shape index (κ2) is 5.35. The van der Waals surface area contributed by atoms with Crippen molar-refractivity contribution in [2.75, 3.05) is 39.0 Å². The van der Waals surface area contributed by atoms with Crippen molar-refractivity contribution in [1.29, 1.82) is 0 Å². The molecule has 1 unspecified atom stereocenters. The van der Waals surface area contributed by atoms with Crippen molar-refractivity contribution in [3.05, 3.63) is 23.9 Å². The maximum Gasteiger partial charge on any atom is 0.257 e. The fourth-order valence-corrected chi connectivity index (χ4v) is 2.37. The number of pyridine rings is 1. The molecular formula is C13H20N4O. The summed E-state index contributed by atoms with van der Waals surface area (Å²) in [4.78, 5) is 20.9. The molecule has 5 heteroatoms. The van der Waals surface area contributed by atoms with Crippen LogP contribution in [0.1, 0.15) is 17.3 Å². The highest BCUT2D eigenvalue weighted by atomic mass is 16.2. The van der Waals surface area contributed by atoms with Gasteiger partial charge in [0.1, 0.15) is 5.82 Å². The summed E-state index contributed by atoms with van der Waals surface area (Å²) < 4.78 is 0. The van der Waals surface area contributed by atoms with E-state index in [2.05, 4.69) is 29.2 Å². The third kappa shape index (κ3) is 2.46. The molecule has 0 spiro atoms. The van der Waals surface area contributed by atoms with Gasteiger partial charge in [0.05, 0.1) is 5.56 Å². The molecule has 2 heterocycles. The lowest BCUT2D eigenvalue weighted by atomic mass is 10.1. The number of carbonyl (C=O) groups is 1. The second-order valence-electron chi connectivity index (χ2n) is 4.76. The fourth-order valence-electron chi connectivity index (χ4n) is 2.37. The Bertz CT molecular complexity index is 435. The van der Waals surface area contributed by atoms with E-state index in [-0.39, 0.29) is 11.9 Å². The molecule has 0 bridgehead atoms. The third-order valence-electron chi connectivity index (χ3n) is 3.37. The summed E-state index contributed by atoms with van der Waals surface area (Å²) in [5.74, 6) is 0.710. The smallest absolute Gasteiger partial charge is 0.257 e. The van der Waals surface area contributed by atoms with Crippen LogP contribution in [0.5, 0.6) is 0 Å². The molecule has 1 aromatic rings. The summed E-state index contributed by atoms with van der Waals surface area (Å²) in [7, 11) is 3.87. The number of anilines is 1. The first-order chi connectivity index (χ1) is 8.63. The summed E-state index contributed by atoms with van der Waals surface area (Å²) in [6.45, 7) is 4.70. The van der Waals surface area contributed by atoms with E-state index in [4.69, 9.17) is 0 Å². The van der Waals surface area contributed by atoms with Crippen molar-refractivity contribution in [2.45, 2.75) is 13.0 Å². The molecule has 1 aliphatic heterocycles. The lowest BCUT2D eigenvalue weighted by Crippen LogP contribution is -2.52. The highest BCUT2D eigenvalue weighted by Gasteiger charge is 2.27. The third-order valence-corrected chi connectivity index (χ3v) is 3.37. The van der Waals surface area contributed by atoms with Gasteiger partial charge in [0.15, 0.2) is 0 Å². The van der Waals surface area contributed by atoms with Crippen LogP contribution in [0.25, 0.3) is 0 Å². The van der Waals surface area contributed by atoms with E-state index in [0.717, 1.165) is 19.6 Å². The minimum absolute atomic E-state index is 0.0630. The van der Waals surface area contributed by atoms with E-state index >= 15 is 0 Å². The molecule has 0 saturated carbocycles. The molecule has 1 N–H and O–H groups in total. The van der Waals surface area contributed by atoms with Gasteiger partial charge in [-0.15, -0.1) is 0 Å². The van der Waals surface area contributed by atoms with Crippen LogP contribution in [0.3, 0.4) is 0 Å². The summed E-state index contributed by atoms with van der Waals surface area (Å²) in [5.41, 5.74) is 0.649. The number of aromatic nitrogens is 1. The van der Waals surface area contributed by atoms with E-state index in [1.54, 1.807) is 19.3 Å². The molecule has 1 atom stereocenters. The number of hydrogen-bond acceptors (Lipinski definition) is 4. The number of carbonyl (C=O) groups excluding carboxylic acids is 1. The van der Waals surface area contributed by atoms with E-state index in [9.17, 15) is 4.79 Å². The highest BCUT2D eigenvalue weighted by molar-refractivity contribution is 5.98. The van der Waals surface area contributed by atoms with Gasteiger partial charge in [-0.05, 0) is 26.1 Å². The Balaban J connectivity index is 2.20. The van der Waals surface area contributed by atoms with Gasteiger partial charge in [-0.3, -0.25) is 4.79 Å². The Morgan fingerprint density at radius 2 is 2.28 bits per heavy atom. The minimum atomic E-state index is 0.0630. The van der Waals surface area contributed by atoms with Crippen LogP contribution in [0.2, 0.25) is 0 Å². The number of hydrogen-bond donors (Lipinski definition) is 1. The topological polar surface area (TPSA) is 48.5 Å². The van der Waals surface area contributed by atoms with Gasteiger partial charge in [-0.1, -0.05) is 0 Å².